The van der Waals surface area contributed by atoms with Gasteiger partial charge in [-0.25, -0.2) is 97.4 Å². The molecule has 0 spiro atoms. The Morgan fingerprint density at radius 1 is 0.348 bits per heavy atom. The van der Waals surface area contributed by atoms with Crippen LogP contribution in [0.3, 0.4) is 0 Å². The number of carbonyl (C=O) groups is 4. The summed E-state index contributed by atoms with van der Waals surface area (Å²) in [6, 6.07) is 28.1. The first-order valence-corrected chi connectivity index (χ1v) is 42.6. The van der Waals surface area contributed by atoms with Gasteiger partial charge in [-0.2, -0.15) is 20.4 Å². The van der Waals surface area contributed by atoms with E-state index in [0.29, 0.717) is 134 Å². The van der Waals surface area contributed by atoms with Gasteiger partial charge in [-0.1, -0.05) is 17.7 Å². The van der Waals surface area contributed by atoms with Crippen LogP contribution in [0.15, 0.2) is 208 Å². The maximum absolute atomic E-state index is 14.7. The fourth-order valence-electron chi connectivity index (χ4n) is 19.7. The fraction of sp³-hybridized carbons (Fsp3) is 0.239. The Balaban J connectivity index is 0.000000106. The number of carbonyl (C=O) groups excluding carboxylic acids is 4. The van der Waals surface area contributed by atoms with Gasteiger partial charge < -0.3 is 40.9 Å². The molecule has 24 rings (SSSR count). The molecular formula is C92H72ClF9N26O4. The maximum atomic E-state index is 14.7. The Morgan fingerprint density at radius 2 is 0.674 bits per heavy atom. The number of aryl methyl sites for hydroxylation is 2. The highest BCUT2D eigenvalue weighted by atomic mass is 35.5. The second kappa shape index (κ2) is 32.3. The van der Waals surface area contributed by atoms with Crippen LogP contribution in [-0.2, 0) is 22.2 Å². The van der Waals surface area contributed by atoms with Gasteiger partial charge >= 0.3 is 0 Å². The highest BCUT2D eigenvalue weighted by molar-refractivity contribution is 6.30. The minimum Gasteiger partial charge on any atom is -0.346 e. The monoisotopic (exact) mass is 1810 g/mol. The summed E-state index contributed by atoms with van der Waals surface area (Å²) in [7, 11) is 0. The van der Waals surface area contributed by atoms with Crippen LogP contribution in [-0.4, -0.2) is 138 Å². The summed E-state index contributed by atoms with van der Waals surface area (Å²) in [5.74, 6) is -2.82. The Kier molecular flexibility index (Phi) is 20.4. The third-order valence-electron chi connectivity index (χ3n) is 26.1. The molecule has 4 aliphatic heterocycles. The summed E-state index contributed by atoms with van der Waals surface area (Å²) in [4.78, 5) is 101. The van der Waals surface area contributed by atoms with Gasteiger partial charge in [0.15, 0.2) is 28.4 Å². The second-order valence-corrected chi connectivity index (χ2v) is 34.1. The van der Waals surface area contributed by atoms with Crippen molar-refractivity contribution < 1.29 is 58.7 Å². The molecular weight excluding hydrogens is 1740 g/mol. The van der Waals surface area contributed by atoms with Crippen molar-refractivity contribution in [2.45, 2.75) is 87.4 Å². The molecule has 4 saturated carbocycles. The van der Waals surface area contributed by atoms with Crippen LogP contribution in [0.25, 0.3) is 22.6 Å². The number of halogens is 10. The molecule has 0 bridgehead atoms. The van der Waals surface area contributed by atoms with Crippen molar-refractivity contribution in [3.63, 3.8) is 0 Å². The van der Waals surface area contributed by atoms with Crippen molar-refractivity contribution in [2.24, 2.45) is 23.7 Å². The summed E-state index contributed by atoms with van der Waals surface area (Å²) in [5.41, 5.74) is 4.50. The zero-order valence-electron chi connectivity index (χ0n) is 69.7. The van der Waals surface area contributed by atoms with Crippen LogP contribution < -0.4 is 40.9 Å². The molecule has 8 atom stereocenters. The predicted octanol–water partition coefficient (Wildman–Crippen LogP) is 15.3. The molecule has 4 amide bonds. The summed E-state index contributed by atoms with van der Waals surface area (Å²) in [6.07, 6.45) is 27.1. The number of aromatic nitrogens is 18. The largest absolute Gasteiger partial charge is 0.346 e. The molecule has 4 saturated heterocycles. The van der Waals surface area contributed by atoms with E-state index in [-0.39, 0.29) is 52.5 Å². The smallest absolute Gasteiger partial charge is 0.293 e. The number of pyridine rings is 2. The zero-order chi connectivity index (χ0) is 91.0. The molecule has 0 radical (unpaired) electrons. The highest BCUT2D eigenvalue weighted by Crippen LogP contribution is 2.67. The Bertz CT molecular complexity index is 6850. The lowest BCUT2D eigenvalue weighted by Crippen LogP contribution is -2.34. The van der Waals surface area contributed by atoms with Crippen molar-refractivity contribution >= 4 is 104 Å². The van der Waals surface area contributed by atoms with Gasteiger partial charge in [0.05, 0.1) is 70.1 Å². The van der Waals surface area contributed by atoms with E-state index in [1.807, 2.05) is 33.8 Å². The SMILES string of the molecule is Cc1ccc(C(=O)Nc2cnn3ccc(N4CC[C@H]5C[C@]54c4cc(F)ccc4F)nc23)nc1.Cc1nccnc1C(=O)Nc1cnn2ccc(N3CC[C@H]4C[C@]43c3cc(F)ccc3F)nc12.O=C(Nc1cnn2ccc(N3CC[C@H]4C[C@]43c3cc(F)ccc3F)nc12)c1ccc(Cl)cn1.O=C(Nc1cnn2ccc(N3CC[C@H]4C[C@]43c3cc(F)ccc3F)nc12)c1ncc(F)cn1. The standard InChI is InChI=1S/C24H20F2N6O.C23H17ClF2N6O.C23H19F2N7O.C22H16F3N7O/c1-14-2-5-19(27-12-14)23(33)29-20-13-28-32-9-7-21(30-22(20)32)31-8-6-15-11-24(15,31)17-10-16(25)3-4-18(17)26;24-14-1-4-18(27-11-14)22(33)29-19-12-28-32-8-6-20(30-21(19)32)31-7-5-13-10-23(13,31)16-9-15(25)2-3-17(16)26;1-13-20(27-7-6-26-13)22(33)29-18-12-28-32-9-5-19(30-21(18)32)31-8-4-14-11-23(14,31)16-10-15(24)2-3-17(16)25;23-13-1-2-16(25)15(7-13)22-8-12(22)3-5-31(22)18-4-6-32-20(30-18)17(11-28-32)29-21(33)19-26-9-14(24)10-27-19/h2-5,7,9-10,12-13,15H,6,8,11H2,1H3,(H,29,33);1-4,6,8-9,11-13H,5,7,10H2,(H,29,33);2-3,5-7,9-10,12,14H,4,8,11H2,1H3,(H,29,33);1-2,4,6-7,9-12H,3,5,8H2,(H,29,33)/t15-,24+;13-,23+;14-,23+;12-,22+/m0000/s1. The molecule has 132 heavy (non-hydrogen) atoms. The van der Waals surface area contributed by atoms with E-state index in [1.165, 1.54) is 96.4 Å². The van der Waals surface area contributed by atoms with Crippen molar-refractivity contribution in [1.29, 1.82) is 0 Å². The first-order chi connectivity index (χ1) is 63.8. The van der Waals surface area contributed by atoms with Crippen LogP contribution in [0.4, 0.5) is 85.5 Å². The van der Waals surface area contributed by atoms with Crippen LogP contribution in [0, 0.1) is 89.9 Å². The third-order valence-corrected chi connectivity index (χ3v) is 26.4. The number of piperidine rings is 4. The van der Waals surface area contributed by atoms with E-state index < -0.39 is 92.2 Å². The number of rotatable bonds is 16. The summed E-state index contributed by atoms with van der Waals surface area (Å²) < 4.78 is 134. The maximum Gasteiger partial charge on any atom is 0.293 e. The minimum absolute atomic E-state index is 0.201. The Morgan fingerprint density at radius 3 is 0.992 bits per heavy atom. The molecule has 8 fully saturated rings. The van der Waals surface area contributed by atoms with Crippen LogP contribution in [0.5, 0.6) is 0 Å². The van der Waals surface area contributed by atoms with Crippen molar-refractivity contribution in [2.75, 3.05) is 67.0 Å². The molecule has 664 valence electrons. The van der Waals surface area contributed by atoms with Crippen molar-refractivity contribution in [1.82, 2.24) is 88.3 Å². The number of amides is 4. The van der Waals surface area contributed by atoms with Crippen LogP contribution in [0.2, 0.25) is 5.02 Å². The average molecular weight is 1810 g/mol. The summed E-state index contributed by atoms with van der Waals surface area (Å²) in [5, 5.41) is 28.4. The normalized spacial score (nSPS) is 21.3. The topological polar surface area (TPSA) is 327 Å². The summed E-state index contributed by atoms with van der Waals surface area (Å²) >= 11 is 5.84. The number of anilines is 8. The predicted molar refractivity (Wildman–Crippen MR) is 463 cm³/mol. The number of nitrogens with one attached hydrogen (secondary N) is 4. The highest BCUT2D eigenvalue weighted by Gasteiger charge is 2.68. The second-order valence-electron chi connectivity index (χ2n) is 33.6. The summed E-state index contributed by atoms with van der Waals surface area (Å²) in [6.45, 7) is 6.29. The lowest BCUT2D eigenvalue weighted by atomic mass is 10.0. The fourth-order valence-corrected chi connectivity index (χ4v) is 19.8. The average Bonchev–Trinajstić information content (AvgIpc) is 1.54. The van der Waals surface area contributed by atoms with E-state index >= 15 is 0 Å². The molecule has 16 heterocycles. The van der Waals surface area contributed by atoms with Gasteiger partial charge in [-0.3, -0.25) is 29.1 Å². The van der Waals surface area contributed by atoms with Crippen molar-refractivity contribution in [3.05, 3.63) is 322 Å². The number of fused-ring (bicyclic) bond motifs is 8. The van der Waals surface area contributed by atoms with Crippen molar-refractivity contribution in [3.8, 4) is 0 Å². The van der Waals surface area contributed by atoms with Gasteiger partial charge in [-0.05, 0) is 210 Å². The zero-order valence-corrected chi connectivity index (χ0v) is 70.4. The number of hydrogen-bond donors (Lipinski definition) is 4. The molecule has 16 aromatic rings. The van der Waals surface area contributed by atoms with E-state index in [9.17, 15) is 58.7 Å². The molecule has 4 aromatic carbocycles. The molecule has 4 aliphatic carbocycles. The molecule has 12 aromatic heterocycles. The number of nitrogens with zero attached hydrogens (tertiary/aromatic N) is 22. The van der Waals surface area contributed by atoms with Crippen LogP contribution >= 0.6 is 11.6 Å². The Labute approximate surface area is 747 Å². The van der Waals surface area contributed by atoms with Gasteiger partial charge in [-0.15, -0.1) is 0 Å². The van der Waals surface area contributed by atoms with E-state index in [1.54, 1.807) is 81.8 Å². The van der Waals surface area contributed by atoms with E-state index in [0.717, 1.165) is 93.2 Å². The van der Waals surface area contributed by atoms with Gasteiger partial charge in [0.1, 0.15) is 110 Å². The third kappa shape index (κ3) is 14.6. The molecule has 0 unspecified atom stereocenters. The quantitative estimate of drug-likeness (QED) is 0.0653. The van der Waals surface area contributed by atoms with Gasteiger partial charge in [0, 0.05) is 98.0 Å². The first kappa shape index (κ1) is 83.5. The van der Waals surface area contributed by atoms with Gasteiger partial charge in [0.2, 0.25) is 5.82 Å². The first-order valence-electron chi connectivity index (χ1n) is 42.2. The minimum atomic E-state index is -0.651. The molecule has 4 N–H and O–H groups in total. The van der Waals surface area contributed by atoms with Gasteiger partial charge in [0.25, 0.3) is 23.6 Å². The Hall–Kier alpha value is -15.4. The molecule has 8 aliphatic rings. The van der Waals surface area contributed by atoms with Crippen LogP contribution in [0.1, 0.15) is 127 Å². The number of benzene rings is 4. The molecule has 30 nitrogen and oxygen atoms in total. The number of hydrogen-bond acceptors (Lipinski definition) is 22. The van der Waals surface area contributed by atoms with E-state index in [4.69, 9.17) is 26.6 Å². The molecule has 40 heteroatoms. The lowest BCUT2D eigenvalue weighted by Gasteiger charge is -2.30. The lowest BCUT2D eigenvalue weighted by molar-refractivity contribution is 0.101. The van der Waals surface area contributed by atoms with E-state index in [2.05, 4.69) is 81.4 Å².